The molecule has 190 valence electrons. The topological polar surface area (TPSA) is 85.4 Å². The number of amides is 1. The normalized spacial score (nSPS) is 19.4. The molecule has 0 aliphatic carbocycles. The molecule has 3 heterocycles. The van der Waals surface area contributed by atoms with Gasteiger partial charge < -0.3 is 20.1 Å². The molecule has 2 aliphatic rings. The Hall–Kier alpha value is -3.17. The standard InChI is InChI=1S/C27H30F2N4O3/c1-35-24-5-4-17(12-21(24)29)26(22-3-2-8-30-22)33-27(34)18-13-20(28)19-15-31-25(32-23(19)14-18)11-16-6-9-36-10-7-16/h4-5,12-16,22,26,30H,2-3,6-11H2,1H3,(H,33,34)/t22-,26+/m1/s1. The van der Waals surface area contributed by atoms with Gasteiger partial charge in [0.25, 0.3) is 5.91 Å². The van der Waals surface area contributed by atoms with Gasteiger partial charge >= 0.3 is 0 Å². The van der Waals surface area contributed by atoms with Crippen LogP contribution in [0, 0.1) is 17.6 Å². The molecule has 2 N–H and O–H groups in total. The molecule has 0 bridgehead atoms. The summed E-state index contributed by atoms with van der Waals surface area (Å²) in [5.41, 5.74) is 1.17. The molecule has 2 fully saturated rings. The molecule has 2 saturated heterocycles. The maximum absolute atomic E-state index is 14.9. The average molecular weight is 497 g/mol. The van der Waals surface area contributed by atoms with Crippen LogP contribution in [-0.4, -0.2) is 48.8 Å². The first-order valence-corrected chi connectivity index (χ1v) is 12.4. The van der Waals surface area contributed by atoms with Crippen LogP contribution in [0.4, 0.5) is 8.78 Å². The molecular weight excluding hydrogens is 466 g/mol. The Morgan fingerprint density at radius 1 is 1.19 bits per heavy atom. The first-order chi connectivity index (χ1) is 17.5. The fourth-order valence-corrected chi connectivity index (χ4v) is 5.08. The summed E-state index contributed by atoms with van der Waals surface area (Å²) in [6.45, 7) is 2.27. The van der Waals surface area contributed by atoms with Crippen molar-refractivity contribution in [2.45, 2.75) is 44.2 Å². The van der Waals surface area contributed by atoms with E-state index in [0.717, 1.165) is 45.4 Å². The van der Waals surface area contributed by atoms with E-state index < -0.39 is 23.6 Å². The summed E-state index contributed by atoms with van der Waals surface area (Å²) in [7, 11) is 1.41. The lowest BCUT2D eigenvalue weighted by Gasteiger charge is -2.26. The summed E-state index contributed by atoms with van der Waals surface area (Å²) in [6, 6.07) is 6.90. The van der Waals surface area contributed by atoms with Gasteiger partial charge in [0.05, 0.1) is 24.1 Å². The summed E-state index contributed by atoms with van der Waals surface area (Å²) >= 11 is 0. The summed E-state index contributed by atoms with van der Waals surface area (Å²) in [5.74, 6) is -0.310. The summed E-state index contributed by atoms with van der Waals surface area (Å²) < 4.78 is 39.9. The molecule has 3 aromatic rings. The van der Waals surface area contributed by atoms with Gasteiger partial charge in [-0.15, -0.1) is 0 Å². The lowest BCUT2D eigenvalue weighted by Crippen LogP contribution is -2.41. The quantitative estimate of drug-likeness (QED) is 0.512. The third-order valence-electron chi connectivity index (χ3n) is 7.10. The second-order valence-electron chi connectivity index (χ2n) is 9.48. The van der Waals surface area contributed by atoms with Crippen molar-refractivity contribution >= 4 is 16.8 Å². The largest absolute Gasteiger partial charge is 0.494 e. The number of nitrogens with zero attached hydrogens (tertiary/aromatic N) is 2. The lowest BCUT2D eigenvalue weighted by atomic mass is 9.96. The number of hydrogen-bond donors (Lipinski definition) is 2. The number of methoxy groups -OCH3 is 1. The number of benzene rings is 2. The summed E-state index contributed by atoms with van der Waals surface area (Å²) in [4.78, 5) is 22.2. The number of rotatable bonds is 7. The van der Waals surface area contributed by atoms with Crippen molar-refractivity contribution < 1.29 is 23.0 Å². The van der Waals surface area contributed by atoms with Crippen LogP contribution in [0.25, 0.3) is 10.9 Å². The highest BCUT2D eigenvalue weighted by Gasteiger charge is 2.29. The van der Waals surface area contributed by atoms with E-state index in [0.29, 0.717) is 29.2 Å². The number of fused-ring (bicyclic) bond motifs is 1. The van der Waals surface area contributed by atoms with Gasteiger partial charge in [-0.1, -0.05) is 6.07 Å². The van der Waals surface area contributed by atoms with Gasteiger partial charge in [-0.25, -0.2) is 18.7 Å². The van der Waals surface area contributed by atoms with E-state index in [-0.39, 0.29) is 22.7 Å². The number of carbonyl (C=O) groups is 1. The zero-order chi connectivity index (χ0) is 25.1. The maximum atomic E-state index is 14.9. The van der Waals surface area contributed by atoms with Crippen molar-refractivity contribution in [3.05, 3.63) is 65.1 Å². The highest BCUT2D eigenvalue weighted by Crippen LogP contribution is 2.28. The second kappa shape index (κ2) is 10.8. The first kappa shape index (κ1) is 24.5. The average Bonchev–Trinajstić information content (AvgIpc) is 3.42. The van der Waals surface area contributed by atoms with Crippen LogP contribution in [-0.2, 0) is 11.2 Å². The monoisotopic (exact) mass is 496 g/mol. The van der Waals surface area contributed by atoms with Crippen LogP contribution in [0.15, 0.2) is 36.5 Å². The molecule has 7 nitrogen and oxygen atoms in total. The Labute approximate surface area is 208 Å². The van der Waals surface area contributed by atoms with Gasteiger partial charge in [-0.2, -0.15) is 0 Å². The van der Waals surface area contributed by atoms with E-state index in [1.807, 2.05) is 0 Å². The van der Waals surface area contributed by atoms with Crippen LogP contribution in [0.5, 0.6) is 5.75 Å². The third-order valence-corrected chi connectivity index (χ3v) is 7.10. The molecule has 1 aromatic heterocycles. The lowest BCUT2D eigenvalue weighted by molar-refractivity contribution is 0.0660. The maximum Gasteiger partial charge on any atom is 0.252 e. The van der Waals surface area contributed by atoms with Crippen LogP contribution in [0.3, 0.4) is 0 Å². The predicted molar refractivity (Wildman–Crippen MR) is 131 cm³/mol. The third kappa shape index (κ3) is 5.32. The first-order valence-electron chi connectivity index (χ1n) is 12.4. The number of hydrogen-bond acceptors (Lipinski definition) is 6. The van der Waals surface area contributed by atoms with Crippen LogP contribution in [0.2, 0.25) is 0 Å². The molecular formula is C27H30F2N4O3. The van der Waals surface area contributed by atoms with Crippen LogP contribution < -0.4 is 15.4 Å². The van der Waals surface area contributed by atoms with Gasteiger partial charge in [-0.05, 0) is 68.0 Å². The van der Waals surface area contributed by atoms with E-state index in [2.05, 4.69) is 20.6 Å². The minimum absolute atomic E-state index is 0.0690. The predicted octanol–water partition coefficient (Wildman–Crippen LogP) is 4.11. The molecule has 36 heavy (non-hydrogen) atoms. The van der Waals surface area contributed by atoms with E-state index in [1.165, 1.54) is 25.4 Å². The Balaban J connectivity index is 1.40. The van der Waals surface area contributed by atoms with Crippen molar-refractivity contribution in [3.63, 3.8) is 0 Å². The SMILES string of the molecule is COc1ccc([C@H](NC(=O)c2cc(F)c3cnc(CC4CCOCC4)nc3c2)[C@H]2CCCN2)cc1F. The zero-order valence-electron chi connectivity index (χ0n) is 20.2. The van der Waals surface area contributed by atoms with Crippen LogP contribution >= 0.6 is 0 Å². The van der Waals surface area contributed by atoms with Crippen molar-refractivity contribution in [1.82, 2.24) is 20.6 Å². The number of ether oxygens (including phenoxy) is 2. The fourth-order valence-electron chi connectivity index (χ4n) is 5.08. The zero-order valence-corrected chi connectivity index (χ0v) is 20.2. The molecule has 0 unspecified atom stereocenters. The van der Waals surface area contributed by atoms with E-state index in [4.69, 9.17) is 9.47 Å². The Morgan fingerprint density at radius 3 is 2.75 bits per heavy atom. The van der Waals surface area contributed by atoms with Gasteiger partial charge in [0, 0.05) is 37.4 Å². The molecule has 0 spiro atoms. The number of nitrogens with one attached hydrogen (secondary N) is 2. The van der Waals surface area contributed by atoms with Crippen molar-refractivity contribution in [2.75, 3.05) is 26.9 Å². The highest BCUT2D eigenvalue weighted by molar-refractivity contribution is 5.98. The van der Waals surface area contributed by atoms with Gasteiger partial charge in [0.2, 0.25) is 0 Å². The second-order valence-corrected chi connectivity index (χ2v) is 9.48. The van der Waals surface area contributed by atoms with Crippen molar-refractivity contribution in [3.8, 4) is 5.75 Å². The summed E-state index contributed by atoms with van der Waals surface area (Å²) in [6.07, 6.45) is 5.84. The van der Waals surface area contributed by atoms with E-state index >= 15 is 0 Å². The molecule has 0 radical (unpaired) electrons. The molecule has 2 aliphatic heterocycles. The molecule has 2 aromatic carbocycles. The highest BCUT2D eigenvalue weighted by atomic mass is 19.1. The molecule has 2 atom stereocenters. The molecule has 9 heteroatoms. The van der Waals surface area contributed by atoms with Gasteiger partial charge in [0.1, 0.15) is 11.6 Å². The van der Waals surface area contributed by atoms with Crippen molar-refractivity contribution in [1.29, 1.82) is 0 Å². The van der Waals surface area contributed by atoms with Crippen LogP contribution in [0.1, 0.15) is 53.5 Å². The molecule has 0 saturated carbocycles. The molecule has 5 rings (SSSR count). The van der Waals surface area contributed by atoms with Crippen molar-refractivity contribution in [2.24, 2.45) is 5.92 Å². The smallest absolute Gasteiger partial charge is 0.252 e. The minimum atomic E-state index is -0.554. The fraction of sp³-hybridized carbons (Fsp3) is 0.444. The Morgan fingerprint density at radius 2 is 2.03 bits per heavy atom. The van der Waals surface area contributed by atoms with E-state index in [9.17, 15) is 13.6 Å². The number of halogens is 2. The van der Waals surface area contributed by atoms with E-state index in [1.54, 1.807) is 18.2 Å². The summed E-state index contributed by atoms with van der Waals surface area (Å²) in [5, 5.41) is 6.64. The minimum Gasteiger partial charge on any atom is -0.494 e. The number of carbonyl (C=O) groups excluding carboxylic acids is 1. The molecule has 1 amide bonds. The van der Waals surface area contributed by atoms with Gasteiger partial charge in [-0.3, -0.25) is 4.79 Å². The Kier molecular flexibility index (Phi) is 7.38. The number of aromatic nitrogens is 2. The van der Waals surface area contributed by atoms with Gasteiger partial charge in [0.15, 0.2) is 11.6 Å². The Bertz CT molecular complexity index is 1240.